The highest BCUT2D eigenvalue weighted by Crippen LogP contribution is 2.28. The van der Waals surface area contributed by atoms with Gasteiger partial charge in [-0.25, -0.2) is 0 Å². The van der Waals surface area contributed by atoms with Crippen LogP contribution in [0.3, 0.4) is 0 Å². The Kier molecular flexibility index (Phi) is 9.73. The Bertz CT molecular complexity index is 247. The number of carboxylic acids is 1. The van der Waals surface area contributed by atoms with Crippen LogP contribution in [-0.2, 0) is 4.79 Å². The summed E-state index contributed by atoms with van der Waals surface area (Å²) in [5, 5.41) is 18.5. The fourth-order valence-corrected chi connectivity index (χ4v) is 3.23. The smallest absolute Gasteiger partial charge is 0.303 e. The SMILES string of the molecule is O=C(O)CCCCCCCC(O)CCC1CCCCC1. The zero-order chi connectivity index (χ0) is 14.6. The van der Waals surface area contributed by atoms with Gasteiger partial charge in [0.2, 0.25) is 0 Å². The molecule has 1 atom stereocenters. The second kappa shape index (κ2) is 11.1. The fourth-order valence-electron chi connectivity index (χ4n) is 3.23. The van der Waals surface area contributed by atoms with Gasteiger partial charge in [0.15, 0.2) is 0 Å². The van der Waals surface area contributed by atoms with Crippen LogP contribution in [0.5, 0.6) is 0 Å². The maximum Gasteiger partial charge on any atom is 0.303 e. The summed E-state index contributed by atoms with van der Waals surface area (Å²) in [5.74, 6) is 0.178. The van der Waals surface area contributed by atoms with Gasteiger partial charge < -0.3 is 10.2 Å². The van der Waals surface area contributed by atoms with Crippen molar-refractivity contribution in [2.45, 2.75) is 96.0 Å². The number of hydrogen-bond acceptors (Lipinski definition) is 2. The van der Waals surface area contributed by atoms with E-state index < -0.39 is 5.97 Å². The van der Waals surface area contributed by atoms with Crippen LogP contribution in [0.25, 0.3) is 0 Å². The Morgan fingerprint density at radius 2 is 1.60 bits per heavy atom. The summed E-state index contributed by atoms with van der Waals surface area (Å²) in [6.45, 7) is 0. The van der Waals surface area contributed by atoms with Crippen molar-refractivity contribution >= 4 is 5.97 Å². The Morgan fingerprint density at radius 3 is 2.30 bits per heavy atom. The molecule has 0 aromatic heterocycles. The first kappa shape index (κ1) is 17.5. The van der Waals surface area contributed by atoms with E-state index in [0.717, 1.165) is 50.9 Å². The Balaban J connectivity index is 1.87. The first-order valence-electron chi connectivity index (χ1n) is 8.58. The molecule has 1 rings (SSSR count). The van der Waals surface area contributed by atoms with E-state index in [1.54, 1.807) is 0 Å². The molecule has 3 nitrogen and oxygen atoms in total. The van der Waals surface area contributed by atoms with E-state index in [2.05, 4.69) is 0 Å². The Morgan fingerprint density at radius 1 is 0.950 bits per heavy atom. The van der Waals surface area contributed by atoms with Crippen LogP contribution in [-0.4, -0.2) is 22.3 Å². The summed E-state index contributed by atoms with van der Waals surface area (Å²) in [5.41, 5.74) is 0. The lowest BCUT2D eigenvalue weighted by Crippen LogP contribution is -2.12. The lowest BCUT2D eigenvalue weighted by atomic mass is 9.85. The van der Waals surface area contributed by atoms with E-state index in [1.165, 1.54) is 38.5 Å². The minimum Gasteiger partial charge on any atom is -0.481 e. The van der Waals surface area contributed by atoms with Crippen molar-refractivity contribution in [1.82, 2.24) is 0 Å². The van der Waals surface area contributed by atoms with Crippen molar-refractivity contribution in [3.63, 3.8) is 0 Å². The van der Waals surface area contributed by atoms with Gasteiger partial charge in [0.1, 0.15) is 0 Å². The van der Waals surface area contributed by atoms with Gasteiger partial charge in [0, 0.05) is 6.42 Å². The van der Waals surface area contributed by atoms with E-state index in [4.69, 9.17) is 5.11 Å². The van der Waals surface area contributed by atoms with Crippen molar-refractivity contribution in [3.8, 4) is 0 Å². The normalized spacial score (nSPS) is 18.1. The van der Waals surface area contributed by atoms with E-state index in [-0.39, 0.29) is 6.10 Å². The lowest BCUT2D eigenvalue weighted by Gasteiger charge is -2.22. The quantitative estimate of drug-likeness (QED) is 0.548. The van der Waals surface area contributed by atoms with E-state index in [9.17, 15) is 9.90 Å². The highest BCUT2D eigenvalue weighted by Gasteiger charge is 2.14. The minimum absolute atomic E-state index is 0.115. The first-order valence-corrected chi connectivity index (χ1v) is 8.58. The molecule has 1 aliphatic rings. The summed E-state index contributed by atoms with van der Waals surface area (Å²) < 4.78 is 0. The van der Waals surface area contributed by atoms with Crippen molar-refractivity contribution in [3.05, 3.63) is 0 Å². The van der Waals surface area contributed by atoms with Gasteiger partial charge in [-0.1, -0.05) is 57.8 Å². The molecule has 118 valence electrons. The van der Waals surface area contributed by atoms with Gasteiger partial charge in [-0.05, 0) is 31.6 Å². The van der Waals surface area contributed by atoms with Gasteiger partial charge in [0.25, 0.3) is 0 Å². The van der Waals surface area contributed by atoms with Crippen LogP contribution in [0.2, 0.25) is 0 Å². The predicted octanol–water partition coefficient (Wildman–Crippen LogP) is 4.52. The second-order valence-electron chi connectivity index (χ2n) is 6.44. The summed E-state index contributed by atoms with van der Waals surface area (Å²) in [4.78, 5) is 10.3. The molecule has 2 N–H and O–H groups in total. The number of hydrogen-bond donors (Lipinski definition) is 2. The maximum absolute atomic E-state index is 10.3. The van der Waals surface area contributed by atoms with Gasteiger partial charge in [-0.3, -0.25) is 4.79 Å². The molecule has 0 radical (unpaired) electrons. The van der Waals surface area contributed by atoms with Crippen LogP contribution in [0, 0.1) is 5.92 Å². The van der Waals surface area contributed by atoms with Gasteiger partial charge in [-0.2, -0.15) is 0 Å². The molecule has 20 heavy (non-hydrogen) atoms. The summed E-state index contributed by atoms with van der Waals surface area (Å²) in [6.07, 6.45) is 15.3. The van der Waals surface area contributed by atoms with Crippen molar-refractivity contribution < 1.29 is 15.0 Å². The zero-order valence-electron chi connectivity index (χ0n) is 12.9. The topological polar surface area (TPSA) is 57.5 Å². The molecule has 3 heteroatoms. The molecule has 0 spiro atoms. The van der Waals surface area contributed by atoms with Crippen LogP contribution < -0.4 is 0 Å². The van der Waals surface area contributed by atoms with Gasteiger partial charge in [-0.15, -0.1) is 0 Å². The number of unbranched alkanes of at least 4 members (excludes halogenated alkanes) is 4. The molecule has 1 unspecified atom stereocenters. The highest BCUT2D eigenvalue weighted by atomic mass is 16.4. The average Bonchev–Trinajstić information content (AvgIpc) is 2.45. The number of aliphatic hydroxyl groups excluding tert-OH is 1. The van der Waals surface area contributed by atoms with E-state index >= 15 is 0 Å². The van der Waals surface area contributed by atoms with Crippen LogP contribution in [0.1, 0.15) is 89.9 Å². The van der Waals surface area contributed by atoms with Crippen molar-refractivity contribution in [2.24, 2.45) is 5.92 Å². The predicted molar refractivity (Wildman–Crippen MR) is 81.8 cm³/mol. The summed E-state index contributed by atoms with van der Waals surface area (Å²) >= 11 is 0. The number of aliphatic hydroxyl groups is 1. The summed E-state index contributed by atoms with van der Waals surface area (Å²) in [6, 6.07) is 0. The fraction of sp³-hybridized carbons (Fsp3) is 0.941. The third-order valence-electron chi connectivity index (χ3n) is 4.56. The Labute approximate surface area is 123 Å². The molecule has 0 aromatic carbocycles. The third kappa shape index (κ3) is 9.35. The molecule has 1 fully saturated rings. The molecule has 0 heterocycles. The van der Waals surface area contributed by atoms with Gasteiger partial charge in [0.05, 0.1) is 6.10 Å². The second-order valence-corrected chi connectivity index (χ2v) is 6.44. The third-order valence-corrected chi connectivity index (χ3v) is 4.56. The highest BCUT2D eigenvalue weighted by molar-refractivity contribution is 5.66. The van der Waals surface area contributed by atoms with E-state index in [0.29, 0.717) is 6.42 Å². The number of rotatable bonds is 11. The van der Waals surface area contributed by atoms with Crippen molar-refractivity contribution in [1.29, 1.82) is 0 Å². The summed E-state index contributed by atoms with van der Waals surface area (Å²) in [7, 11) is 0. The molecule has 0 amide bonds. The molecular weight excluding hydrogens is 252 g/mol. The van der Waals surface area contributed by atoms with Crippen LogP contribution in [0.15, 0.2) is 0 Å². The largest absolute Gasteiger partial charge is 0.481 e. The molecule has 1 saturated carbocycles. The average molecular weight is 284 g/mol. The minimum atomic E-state index is -0.692. The standard InChI is InChI=1S/C17H32O3/c18-16(14-13-15-9-5-4-6-10-15)11-7-2-1-3-8-12-17(19)20/h15-16,18H,1-14H2,(H,19,20). The molecule has 1 aliphatic carbocycles. The van der Waals surface area contributed by atoms with Crippen LogP contribution >= 0.6 is 0 Å². The lowest BCUT2D eigenvalue weighted by molar-refractivity contribution is -0.137. The zero-order valence-corrected chi connectivity index (χ0v) is 12.9. The van der Waals surface area contributed by atoms with Gasteiger partial charge >= 0.3 is 5.97 Å². The first-order chi connectivity index (χ1) is 9.68. The number of carbonyl (C=O) groups is 1. The number of aliphatic carboxylic acids is 1. The number of carboxylic acid groups (broad SMARTS) is 1. The monoisotopic (exact) mass is 284 g/mol. The molecule has 0 saturated heterocycles. The van der Waals surface area contributed by atoms with E-state index in [1.807, 2.05) is 0 Å². The maximum atomic E-state index is 10.3. The Hall–Kier alpha value is -0.570. The van der Waals surface area contributed by atoms with Crippen molar-refractivity contribution in [2.75, 3.05) is 0 Å². The molecule has 0 aliphatic heterocycles. The molecular formula is C17H32O3. The molecule has 0 bridgehead atoms. The molecule has 0 aromatic rings. The van der Waals surface area contributed by atoms with Crippen LogP contribution in [0.4, 0.5) is 0 Å².